The van der Waals surface area contributed by atoms with Gasteiger partial charge in [-0.2, -0.15) is 0 Å². The summed E-state index contributed by atoms with van der Waals surface area (Å²) < 4.78 is 5.15. The second kappa shape index (κ2) is 9.97. The van der Waals surface area contributed by atoms with Crippen LogP contribution in [-0.4, -0.2) is 23.3 Å². The molecular formula is C23H20N2O5. The predicted molar refractivity (Wildman–Crippen MR) is 111 cm³/mol. The lowest BCUT2D eigenvalue weighted by atomic mass is 9.90. The van der Waals surface area contributed by atoms with Gasteiger partial charge in [0.05, 0.1) is 10.8 Å². The van der Waals surface area contributed by atoms with Gasteiger partial charge in [-0.1, -0.05) is 60.7 Å². The predicted octanol–water partition coefficient (Wildman–Crippen LogP) is 3.59. The van der Waals surface area contributed by atoms with E-state index in [0.29, 0.717) is 5.56 Å². The third kappa shape index (κ3) is 5.51. The van der Waals surface area contributed by atoms with Crippen LogP contribution in [0.5, 0.6) is 0 Å². The van der Waals surface area contributed by atoms with Crippen molar-refractivity contribution in [3.63, 3.8) is 0 Å². The van der Waals surface area contributed by atoms with E-state index in [0.717, 1.165) is 11.1 Å². The van der Waals surface area contributed by atoms with Gasteiger partial charge in [0.2, 0.25) is 5.91 Å². The maximum Gasteiger partial charge on any atom is 0.325 e. The van der Waals surface area contributed by atoms with Crippen molar-refractivity contribution in [1.29, 1.82) is 0 Å². The Morgan fingerprint density at radius 3 is 1.90 bits per heavy atom. The Hall–Kier alpha value is -4.00. The zero-order valence-corrected chi connectivity index (χ0v) is 16.1. The van der Waals surface area contributed by atoms with Crippen molar-refractivity contribution in [1.82, 2.24) is 5.32 Å². The largest absolute Gasteiger partial charge is 0.460 e. The van der Waals surface area contributed by atoms with Gasteiger partial charge in [-0.05, 0) is 28.8 Å². The molecule has 0 unspecified atom stereocenters. The van der Waals surface area contributed by atoms with Gasteiger partial charge in [0.15, 0.2) is 0 Å². The molecule has 7 nitrogen and oxygen atoms in total. The number of ether oxygens (including phenoxy) is 1. The number of amides is 1. The van der Waals surface area contributed by atoms with Crippen molar-refractivity contribution in [3.8, 4) is 0 Å². The minimum atomic E-state index is -0.596. The lowest BCUT2D eigenvalue weighted by Crippen LogP contribution is -2.34. The summed E-state index contributed by atoms with van der Waals surface area (Å²) in [5.41, 5.74) is 2.22. The quantitative estimate of drug-likeness (QED) is 0.351. The van der Waals surface area contributed by atoms with Crippen molar-refractivity contribution in [3.05, 3.63) is 112 Å². The lowest BCUT2D eigenvalue weighted by molar-refractivity contribution is -0.384. The second-order valence-electron chi connectivity index (χ2n) is 6.56. The first-order valence-corrected chi connectivity index (χ1v) is 9.31. The van der Waals surface area contributed by atoms with E-state index in [9.17, 15) is 19.7 Å². The Kier molecular flexibility index (Phi) is 6.89. The molecule has 152 valence electrons. The number of rotatable bonds is 8. The molecule has 0 aromatic heterocycles. The molecule has 3 aromatic rings. The molecule has 1 N–H and O–H groups in total. The number of nitro benzene ring substituents is 1. The van der Waals surface area contributed by atoms with E-state index in [1.807, 2.05) is 60.7 Å². The highest BCUT2D eigenvalue weighted by molar-refractivity contribution is 5.89. The van der Waals surface area contributed by atoms with E-state index in [-0.39, 0.29) is 24.7 Å². The maximum atomic E-state index is 12.8. The Bertz CT molecular complexity index is 965. The van der Waals surface area contributed by atoms with Gasteiger partial charge in [0.1, 0.15) is 13.2 Å². The summed E-state index contributed by atoms with van der Waals surface area (Å²) in [6, 6.07) is 24.4. The normalized spacial score (nSPS) is 10.4. The number of nitro groups is 1. The van der Waals surface area contributed by atoms with Crippen LogP contribution in [0.1, 0.15) is 22.6 Å². The van der Waals surface area contributed by atoms with Crippen LogP contribution >= 0.6 is 0 Å². The first-order valence-electron chi connectivity index (χ1n) is 9.31. The average molecular weight is 404 g/mol. The number of hydrogen-bond donors (Lipinski definition) is 1. The fourth-order valence-corrected chi connectivity index (χ4v) is 2.98. The molecule has 1 amide bonds. The molecule has 0 fully saturated rings. The van der Waals surface area contributed by atoms with E-state index in [4.69, 9.17) is 4.74 Å². The molecule has 30 heavy (non-hydrogen) atoms. The molecule has 0 saturated carbocycles. The molecule has 3 rings (SSSR count). The van der Waals surface area contributed by atoms with Crippen molar-refractivity contribution < 1.29 is 19.2 Å². The van der Waals surface area contributed by atoms with E-state index in [1.165, 1.54) is 24.3 Å². The highest BCUT2D eigenvalue weighted by Gasteiger charge is 2.23. The number of esters is 1. The van der Waals surface area contributed by atoms with Gasteiger partial charge < -0.3 is 10.1 Å². The molecule has 0 saturated heterocycles. The van der Waals surface area contributed by atoms with Gasteiger partial charge in [-0.15, -0.1) is 0 Å². The average Bonchev–Trinajstić information content (AvgIpc) is 2.78. The lowest BCUT2D eigenvalue weighted by Gasteiger charge is -2.17. The van der Waals surface area contributed by atoms with Crippen molar-refractivity contribution in [2.75, 3.05) is 6.54 Å². The monoisotopic (exact) mass is 404 g/mol. The fraction of sp³-hybridized carbons (Fsp3) is 0.130. The topological polar surface area (TPSA) is 98.5 Å². The molecular weight excluding hydrogens is 384 g/mol. The molecule has 0 bridgehead atoms. The Balaban J connectivity index is 1.58. The van der Waals surface area contributed by atoms with Crippen molar-refractivity contribution in [2.45, 2.75) is 12.5 Å². The number of nitrogens with one attached hydrogen (secondary N) is 1. The van der Waals surface area contributed by atoms with Gasteiger partial charge in [0, 0.05) is 12.1 Å². The Morgan fingerprint density at radius 1 is 0.867 bits per heavy atom. The molecule has 0 heterocycles. The van der Waals surface area contributed by atoms with Crippen LogP contribution < -0.4 is 5.32 Å². The van der Waals surface area contributed by atoms with E-state index >= 15 is 0 Å². The number of benzene rings is 3. The number of carbonyl (C=O) groups is 2. The summed E-state index contributed by atoms with van der Waals surface area (Å²) in [5, 5.41) is 13.3. The van der Waals surface area contributed by atoms with Crippen LogP contribution in [0.3, 0.4) is 0 Å². The van der Waals surface area contributed by atoms with Crippen LogP contribution in [0.15, 0.2) is 84.9 Å². The molecule has 7 heteroatoms. The third-order valence-electron chi connectivity index (χ3n) is 4.48. The SMILES string of the molecule is O=C(CNC(=O)C(c1ccccc1)c1ccccc1)OCc1ccc([N+](=O)[O-])cc1. The van der Waals surface area contributed by atoms with E-state index in [2.05, 4.69) is 5.32 Å². The zero-order chi connectivity index (χ0) is 21.3. The fourth-order valence-electron chi connectivity index (χ4n) is 2.98. The standard InChI is InChI=1S/C23H20N2O5/c26-21(30-16-17-11-13-20(14-12-17)25(28)29)15-24-23(27)22(18-7-3-1-4-8-18)19-9-5-2-6-10-19/h1-14,22H,15-16H2,(H,24,27). The first kappa shape index (κ1) is 20.7. The highest BCUT2D eigenvalue weighted by Crippen LogP contribution is 2.24. The Morgan fingerprint density at radius 2 is 1.40 bits per heavy atom. The summed E-state index contributed by atoms with van der Waals surface area (Å²) in [4.78, 5) is 35.1. The van der Waals surface area contributed by atoms with Gasteiger partial charge in [-0.3, -0.25) is 19.7 Å². The number of nitrogens with zero attached hydrogens (tertiary/aromatic N) is 1. The number of carbonyl (C=O) groups excluding carboxylic acids is 2. The van der Waals surface area contributed by atoms with Crippen molar-refractivity contribution in [2.24, 2.45) is 0 Å². The maximum absolute atomic E-state index is 12.8. The summed E-state index contributed by atoms with van der Waals surface area (Å²) in [6.45, 7) is -0.310. The molecule has 0 aliphatic heterocycles. The summed E-state index contributed by atoms with van der Waals surface area (Å²) in [7, 11) is 0. The summed E-state index contributed by atoms with van der Waals surface area (Å²) in [5.74, 6) is -1.45. The van der Waals surface area contributed by atoms with Crippen LogP contribution in [0, 0.1) is 10.1 Å². The molecule has 0 aliphatic rings. The van der Waals surface area contributed by atoms with Gasteiger partial charge >= 0.3 is 5.97 Å². The molecule has 0 radical (unpaired) electrons. The van der Waals surface area contributed by atoms with Crippen LogP contribution in [0.4, 0.5) is 5.69 Å². The molecule has 0 spiro atoms. The van der Waals surface area contributed by atoms with Crippen LogP contribution in [0.2, 0.25) is 0 Å². The van der Waals surface area contributed by atoms with Crippen LogP contribution in [-0.2, 0) is 20.9 Å². The van der Waals surface area contributed by atoms with E-state index in [1.54, 1.807) is 0 Å². The number of non-ortho nitro benzene ring substituents is 1. The molecule has 0 atom stereocenters. The Labute approximate surface area is 173 Å². The van der Waals surface area contributed by atoms with Crippen molar-refractivity contribution >= 4 is 17.6 Å². The zero-order valence-electron chi connectivity index (χ0n) is 16.1. The van der Waals surface area contributed by atoms with E-state index < -0.39 is 16.8 Å². The first-order chi connectivity index (χ1) is 14.5. The minimum absolute atomic E-state index is 0.0342. The molecule has 3 aromatic carbocycles. The third-order valence-corrected chi connectivity index (χ3v) is 4.48. The second-order valence-corrected chi connectivity index (χ2v) is 6.56. The summed E-state index contributed by atoms with van der Waals surface area (Å²) in [6.07, 6.45) is 0. The minimum Gasteiger partial charge on any atom is -0.460 e. The van der Waals surface area contributed by atoms with Gasteiger partial charge in [0.25, 0.3) is 5.69 Å². The smallest absolute Gasteiger partial charge is 0.325 e. The van der Waals surface area contributed by atoms with Gasteiger partial charge in [-0.25, -0.2) is 0 Å². The highest BCUT2D eigenvalue weighted by atomic mass is 16.6. The molecule has 0 aliphatic carbocycles. The van der Waals surface area contributed by atoms with Crippen LogP contribution in [0.25, 0.3) is 0 Å². The summed E-state index contributed by atoms with van der Waals surface area (Å²) >= 11 is 0. The number of hydrogen-bond acceptors (Lipinski definition) is 5.